The lowest BCUT2D eigenvalue weighted by atomic mass is 10.3. The van der Waals surface area contributed by atoms with Crippen LogP contribution in [0.5, 0.6) is 0 Å². The molecule has 1 aromatic heterocycles. The summed E-state index contributed by atoms with van der Waals surface area (Å²) in [4.78, 5) is 1.23. The summed E-state index contributed by atoms with van der Waals surface area (Å²) in [6, 6.07) is 1.21. The van der Waals surface area contributed by atoms with E-state index in [1.807, 2.05) is 0 Å². The van der Waals surface area contributed by atoms with E-state index < -0.39 is 17.5 Å². The molecule has 5 nitrogen and oxygen atoms in total. The van der Waals surface area contributed by atoms with Crippen LogP contribution in [0.4, 0.5) is 18.9 Å². The molecule has 0 saturated heterocycles. The van der Waals surface area contributed by atoms with Crippen molar-refractivity contribution in [1.29, 1.82) is 0 Å². The molecule has 0 saturated carbocycles. The number of rotatable bonds is 3. The Morgan fingerprint density at radius 2 is 1.88 bits per heavy atom. The molecule has 0 aliphatic heterocycles. The van der Waals surface area contributed by atoms with Crippen molar-refractivity contribution in [3.63, 3.8) is 0 Å². The highest BCUT2D eigenvalue weighted by molar-refractivity contribution is 5.45. The molecule has 17 heavy (non-hydrogen) atoms. The number of halogens is 3. The lowest BCUT2D eigenvalue weighted by molar-refractivity contribution is 0.496. The summed E-state index contributed by atoms with van der Waals surface area (Å²) in [7, 11) is 1.58. The van der Waals surface area contributed by atoms with Crippen LogP contribution in [0, 0.1) is 17.5 Å². The van der Waals surface area contributed by atoms with E-state index in [0.29, 0.717) is 11.9 Å². The van der Waals surface area contributed by atoms with E-state index >= 15 is 0 Å². The van der Waals surface area contributed by atoms with Gasteiger partial charge in [-0.05, 0) is 5.21 Å². The first kappa shape index (κ1) is 11.4. The van der Waals surface area contributed by atoms with Crippen LogP contribution in [-0.4, -0.2) is 20.2 Å². The van der Waals surface area contributed by atoms with Gasteiger partial charge in [-0.2, -0.15) is 4.80 Å². The van der Waals surface area contributed by atoms with E-state index in [1.54, 1.807) is 7.05 Å². The first-order chi connectivity index (χ1) is 8.06. The zero-order chi connectivity index (χ0) is 12.4. The summed E-state index contributed by atoms with van der Waals surface area (Å²) in [5, 5.41) is 13.6. The lowest BCUT2D eigenvalue weighted by Crippen LogP contribution is -2.05. The highest BCUT2D eigenvalue weighted by Crippen LogP contribution is 2.18. The molecule has 0 bridgehead atoms. The fraction of sp³-hybridized carbons (Fsp3) is 0.222. The summed E-state index contributed by atoms with van der Waals surface area (Å²) in [5.41, 5.74) is -0.156. The molecule has 0 atom stereocenters. The van der Waals surface area contributed by atoms with Gasteiger partial charge in [-0.3, -0.25) is 0 Å². The molecule has 8 heteroatoms. The second kappa shape index (κ2) is 4.40. The molecular weight excluding hydrogens is 235 g/mol. The van der Waals surface area contributed by atoms with Crippen molar-refractivity contribution in [3.05, 3.63) is 35.4 Å². The molecule has 1 N–H and O–H groups in total. The van der Waals surface area contributed by atoms with Gasteiger partial charge in [0, 0.05) is 12.1 Å². The molecule has 90 valence electrons. The molecule has 2 rings (SSSR count). The van der Waals surface area contributed by atoms with Crippen molar-refractivity contribution in [2.45, 2.75) is 6.54 Å². The Balaban J connectivity index is 2.11. The van der Waals surface area contributed by atoms with Gasteiger partial charge in [0.2, 0.25) is 0 Å². The number of aromatic nitrogens is 4. The number of anilines is 1. The van der Waals surface area contributed by atoms with E-state index in [-0.39, 0.29) is 12.2 Å². The van der Waals surface area contributed by atoms with Crippen molar-refractivity contribution in [2.24, 2.45) is 7.05 Å². The van der Waals surface area contributed by atoms with Gasteiger partial charge in [0.15, 0.2) is 17.5 Å². The number of benzene rings is 1. The minimum atomic E-state index is -1.23. The second-order valence-electron chi connectivity index (χ2n) is 3.29. The maximum Gasteiger partial charge on any atom is 0.193 e. The van der Waals surface area contributed by atoms with E-state index in [0.717, 1.165) is 6.07 Å². The molecule has 0 unspecified atom stereocenters. The highest BCUT2D eigenvalue weighted by atomic mass is 19.2. The average Bonchev–Trinajstić information content (AvgIpc) is 2.68. The molecule has 0 aliphatic rings. The van der Waals surface area contributed by atoms with Crippen molar-refractivity contribution >= 4 is 5.69 Å². The third-order valence-corrected chi connectivity index (χ3v) is 2.00. The Labute approximate surface area is 94.2 Å². The van der Waals surface area contributed by atoms with Gasteiger partial charge in [-0.25, -0.2) is 13.2 Å². The topological polar surface area (TPSA) is 55.6 Å². The van der Waals surface area contributed by atoms with Crippen LogP contribution in [0.15, 0.2) is 12.1 Å². The highest BCUT2D eigenvalue weighted by Gasteiger charge is 2.10. The van der Waals surface area contributed by atoms with Crippen LogP contribution in [0.1, 0.15) is 5.82 Å². The smallest absolute Gasteiger partial charge is 0.193 e. The predicted octanol–water partition coefficient (Wildman–Crippen LogP) is 1.24. The number of hydrogen-bond donors (Lipinski definition) is 1. The summed E-state index contributed by atoms with van der Waals surface area (Å²) >= 11 is 0. The number of hydrogen-bond acceptors (Lipinski definition) is 4. The summed E-state index contributed by atoms with van der Waals surface area (Å²) in [5.74, 6) is -2.92. The van der Waals surface area contributed by atoms with Crippen LogP contribution in [0.25, 0.3) is 0 Å². The molecule has 1 aromatic carbocycles. The summed E-state index contributed by atoms with van der Waals surface area (Å²) in [6.45, 7) is 0.0653. The molecular formula is C9H8F3N5. The average molecular weight is 243 g/mol. The number of aryl methyl sites for hydroxylation is 1. The SMILES string of the molecule is Cn1nnc(CNc2cc(F)c(F)cc2F)n1. The molecule has 0 fully saturated rings. The van der Waals surface area contributed by atoms with Crippen LogP contribution in [0.2, 0.25) is 0 Å². The first-order valence-corrected chi connectivity index (χ1v) is 4.67. The summed E-state index contributed by atoms with van der Waals surface area (Å²) in [6.07, 6.45) is 0. The largest absolute Gasteiger partial charge is 0.375 e. The number of nitrogens with one attached hydrogen (secondary N) is 1. The Morgan fingerprint density at radius 1 is 1.18 bits per heavy atom. The minimum absolute atomic E-state index is 0.0653. The van der Waals surface area contributed by atoms with Crippen LogP contribution in [-0.2, 0) is 13.6 Å². The normalized spacial score (nSPS) is 10.6. The Morgan fingerprint density at radius 3 is 2.53 bits per heavy atom. The van der Waals surface area contributed by atoms with E-state index in [9.17, 15) is 13.2 Å². The van der Waals surface area contributed by atoms with Crippen molar-refractivity contribution in [2.75, 3.05) is 5.32 Å². The predicted molar refractivity (Wildman–Crippen MR) is 52.4 cm³/mol. The van der Waals surface area contributed by atoms with Crippen molar-refractivity contribution in [3.8, 4) is 0 Å². The third-order valence-electron chi connectivity index (χ3n) is 2.00. The standard InChI is InChI=1S/C9H8F3N5/c1-17-15-9(14-16-17)4-13-8-3-6(11)5(10)2-7(8)12/h2-3,13H,4H2,1H3. The van der Waals surface area contributed by atoms with Gasteiger partial charge in [0.1, 0.15) is 5.82 Å². The molecule has 2 aromatic rings. The Bertz CT molecular complexity index is 539. The zero-order valence-electron chi connectivity index (χ0n) is 8.78. The third kappa shape index (κ3) is 2.52. The van der Waals surface area contributed by atoms with Gasteiger partial charge in [-0.15, -0.1) is 10.2 Å². The fourth-order valence-electron chi connectivity index (χ4n) is 1.23. The van der Waals surface area contributed by atoms with Gasteiger partial charge in [-0.1, -0.05) is 0 Å². The maximum atomic E-state index is 13.2. The lowest BCUT2D eigenvalue weighted by Gasteiger charge is -2.05. The fourth-order valence-corrected chi connectivity index (χ4v) is 1.23. The monoisotopic (exact) mass is 243 g/mol. The quantitative estimate of drug-likeness (QED) is 0.824. The molecule has 1 heterocycles. The molecule has 0 radical (unpaired) electrons. The molecule has 0 aliphatic carbocycles. The van der Waals surface area contributed by atoms with Gasteiger partial charge in [0.25, 0.3) is 0 Å². The first-order valence-electron chi connectivity index (χ1n) is 4.67. The van der Waals surface area contributed by atoms with Crippen molar-refractivity contribution in [1.82, 2.24) is 20.2 Å². The maximum absolute atomic E-state index is 13.2. The van der Waals surface area contributed by atoms with Crippen LogP contribution in [0.3, 0.4) is 0 Å². The second-order valence-corrected chi connectivity index (χ2v) is 3.29. The van der Waals surface area contributed by atoms with E-state index in [4.69, 9.17) is 0 Å². The zero-order valence-corrected chi connectivity index (χ0v) is 8.78. The minimum Gasteiger partial charge on any atom is -0.375 e. The van der Waals surface area contributed by atoms with Gasteiger partial charge < -0.3 is 5.32 Å². The van der Waals surface area contributed by atoms with Gasteiger partial charge in [0.05, 0.1) is 19.3 Å². The van der Waals surface area contributed by atoms with Crippen molar-refractivity contribution < 1.29 is 13.2 Å². The molecule has 0 amide bonds. The van der Waals surface area contributed by atoms with Gasteiger partial charge >= 0.3 is 0 Å². The van der Waals surface area contributed by atoms with Crippen LogP contribution < -0.4 is 5.32 Å². The summed E-state index contributed by atoms with van der Waals surface area (Å²) < 4.78 is 38.7. The van der Waals surface area contributed by atoms with E-state index in [1.165, 1.54) is 4.80 Å². The number of tetrazole rings is 1. The molecule has 0 spiro atoms. The van der Waals surface area contributed by atoms with Crippen LogP contribution >= 0.6 is 0 Å². The number of nitrogens with zero attached hydrogens (tertiary/aromatic N) is 4. The Kier molecular flexibility index (Phi) is 2.94. The van der Waals surface area contributed by atoms with E-state index in [2.05, 4.69) is 20.7 Å². The Hall–Kier alpha value is -2.12.